The smallest absolute Gasteiger partial charge is 0.142 e. The van der Waals surface area contributed by atoms with Gasteiger partial charge in [-0.25, -0.2) is 4.39 Å². The van der Waals surface area contributed by atoms with Gasteiger partial charge in [-0.1, -0.05) is 11.6 Å². The number of alkyl halides is 1. The first-order valence-corrected chi connectivity index (χ1v) is 5.74. The Bertz CT molecular complexity index is 314. The van der Waals surface area contributed by atoms with E-state index in [2.05, 4.69) is 0 Å². The molecular weight excluding hydrogens is 205 g/mol. The largest absolute Gasteiger partial charge is 0.395 e. The molecule has 1 atom stereocenters. The first-order chi connectivity index (χ1) is 7.36. The molecule has 0 radical (unpaired) electrons. The quantitative estimate of drug-likeness (QED) is 0.799. The Morgan fingerprint density at radius 1 is 1.56 bits per heavy atom. The maximum Gasteiger partial charge on any atom is 0.142 e. The molecule has 0 saturated carbocycles. The van der Waals surface area contributed by atoms with Gasteiger partial charge in [0, 0.05) is 19.6 Å². The van der Waals surface area contributed by atoms with E-state index in [4.69, 9.17) is 5.11 Å². The van der Waals surface area contributed by atoms with Crippen LogP contribution in [-0.2, 0) is 0 Å². The summed E-state index contributed by atoms with van der Waals surface area (Å²) >= 11 is 0. The molecule has 0 aromatic heterocycles. The number of aliphatic hydroxyl groups is 1. The molecule has 1 unspecified atom stereocenters. The van der Waals surface area contributed by atoms with Crippen LogP contribution in [0.1, 0.15) is 27.7 Å². The molecule has 3 heteroatoms. The molecule has 1 aliphatic rings. The zero-order valence-corrected chi connectivity index (χ0v) is 10.7. The van der Waals surface area contributed by atoms with Crippen LogP contribution < -0.4 is 0 Å². The Balaban J connectivity index is 2.98. The van der Waals surface area contributed by atoms with Crippen molar-refractivity contribution in [1.29, 1.82) is 0 Å². The molecule has 0 aromatic carbocycles. The lowest BCUT2D eigenvalue weighted by atomic mass is 9.89. The minimum atomic E-state index is -1.28. The summed E-state index contributed by atoms with van der Waals surface area (Å²) in [6.07, 6.45) is 2.04. The number of nitrogens with zero attached hydrogens (tertiary/aromatic N) is 1. The zero-order chi connectivity index (χ0) is 12.3. The Hall–Kier alpha value is -0.670. The molecule has 92 valence electrons. The molecule has 1 heterocycles. The second-order valence-electron chi connectivity index (χ2n) is 5.00. The Kier molecular flexibility index (Phi) is 4.28. The highest BCUT2D eigenvalue weighted by Crippen LogP contribution is 2.31. The van der Waals surface area contributed by atoms with Gasteiger partial charge in [0.05, 0.1) is 6.61 Å². The highest BCUT2D eigenvalue weighted by molar-refractivity contribution is 5.35. The molecule has 0 saturated heterocycles. The molecule has 0 bridgehead atoms. The van der Waals surface area contributed by atoms with Crippen LogP contribution in [0.3, 0.4) is 0 Å². The number of hydrogen-bond donors (Lipinski definition) is 1. The van der Waals surface area contributed by atoms with Crippen molar-refractivity contribution < 1.29 is 9.50 Å². The van der Waals surface area contributed by atoms with Crippen molar-refractivity contribution in [3.8, 4) is 0 Å². The first-order valence-electron chi connectivity index (χ1n) is 5.74. The standard InChI is InChI=1S/C13H22FNO/c1-10(2)7-12-8-15(5-6-16)9-13(4,14)11(12)3/h7,16H,5-6,8-9H2,1-4H3. The van der Waals surface area contributed by atoms with Gasteiger partial charge in [0.15, 0.2) is 0 Å². The van der Waals surface area contributed by atoms with E-state index in [1.807, 2.05) is 31.7 Å². The number of aliphatic hydroxyl groups excluding tert-OH is 1. The van der Waals surface area contributed by atoms with Crippen molar-refractivity contribution in [1.82, 2.24) is 4.90 Å². The fourth-order valence-electron chi connectivity index (χ4n) is 2.09. The second kappa shape index (κ2) is 5.11. The Morgan fingerprint density at radius 2 is 2.19 bits per heavy atom. The Labute approximate surface area is 97.5 Å². The highest BCUT2D eigenvalue weighted by atomic mass is 19.1. The predicted octanol–water partition coefficient (Wildman–Crippen LogP) is 2.31. The number of β-amino-alcohol motifs (C(OH)–C–C–N with tert-alkyl or cyclic N) is 1. The molecule has 16 heavy (non-hydrogen) atoms. The van der Waals surface area contributed by atoms with Crippen LogP contribution in [0.5, 0.6) is 0 Å². The third-order valence-corrected chi connectivity index (χ3v) is 3.06. The fourth-order valence-corrected chi connectivity index (χ4v) is 2.09. The average molecular weight is 227 g/mol. The van der Waals surface area contributed by atoms with Crippen LogP contribution in [0.4, 0.5) is 4.39 Å². The van der Waals surface area contributed by atoms with E-state index in [9.17, 15) is 4.39 Å². The molecule has 2 nitrogen and oxygen atoms in total. The van der Waals surface area contributed by atoms with Gasteiger partial charge in [-0.3, -0.25) is 4.90 Å². The number of rotatable bonds is 3. The van der Waals surface area contributed by atoms with E-state index < -0.39 is 5.67 Å². The van der Waals surface area contributed by atoms with Crippen LogP contribution in [0.15, 0.2) is 22.8 Å². The van der Waals surface area contributed by atoms with Gasteiger partial charge in [0.25, 0.3) is 0 Å². The summed E-state index contributed by atoms with van der Waals surface area (Å²) in [4.78, 5) is 1.96. The van der Waals surface area contributed by atoms with Crippen molar-refractivity contribution >= 4 is 0 Å². The molecule has 0 spiro atoms. The van der Waals surface area contributed by atoms with Gasteiger partial charge in [-0.2, -0.15) is 0 Å². The van der Waals surface area contributed by atoms with Crippen molar-refractivity contribution in [3.63, 3.8) is 0 Å². The summed E-state index contributed by atoms with van der Waals surface area (Å²) in [5.74, 6) is 0. The minimum Gasteiger partial charge on any atom is -0.395 e. The van der Waals surface area contributed by atoms with Gasteiger partial charge in [0.2, 0.25) is 0 Å². The number of hydrogen-bond acceptors (Lipinski definition) is 2. The summed E-state index contributed by atoms with van der Waals surface area (Å²) in [5, 5.41) is 8.93. The van der Waals surface area contributed by atoms with Gasteiger partial charge < -0.3 is 5.11 Å². The van der Waals surface area contributed by atoms with Crippen molar-refractivity contribution in [2.75, 3.05) is 26.2 Å². The summed E-state index contributed by atoms with van der Waals surface area (Å²) < 4.78 is 14.3. The summed E-state index contributed by atoms with van der Waals surface area (Å²) in [7, 11) is 0. The van der Waals surface area contributed by atoms with E-state index in [0.29, 0.717) is 13.1 Å². The molecule has 0 fully saturated rings. The summed E-state index contributed by atoms with van der Waals surface area (Å²) in [6, 6.07) is 0. The van der Waals surface area contributed by atoms with E-state index >= 15 is 0 Å². The maximum atomic E-state index is 14.3. The average Bonchev–Trinajstić information content (AvgIpc) is 2.12. The molecule has 1 N–H and O–H groups in total. The second-order valence-corrected chi connectivity index (χ2v) is 5.00. The monoisotopic (exact) mass is 227 g/mol. The van der Waals surface area contributed by atoms with Crippen LogP contribution in [-0.4, -0.2) is 41.9 Å². The molecule has 1 aliphatic heterocycles. The summed E-state index contributed by atoms with van der Waals surface area (Å²) in [5.41, 5.74) is 1.76. The van der Waals surface area contributed by atoms with Crippen molar-refractivity contribution in [2.45, 2.75) is 33.4 Å². The molecule has 1 rings (SSSR count). The van der Waals surface area contributed by atoms with Crippen molar-refractivity contribution in [3.05, 3.63) is 22.8 Å². The van der Waals surface area contributed by atoms with E-state index in [-0.39, 0.29) is 6.61 Å². The zero-order valence-electron chi connectivity index (χ0n) is 10.7. The van der Waals surface area contributed by atoms with Crippen LogP contribution in [0.25, 0.3) is 0 Å². The van der Waals surface area contributed by atoms with Gasteiger partial charge in [0.1, 0.15) is 5.67 Å². The Morgan fingerprint density at radius 3 is 2.69 bits per heavy atom. The van der Waals surface area contributed by atoms with Crippen LogP contribution >= 0.6 is 0 Å². The lowest BCUT2D eigenvalue weighted by molar-refractivity contribution is 0.112. The lowest BCUT2D eigenvalue weighted by Gasteiger charge is -2.37. The highest BCUT2D eigenvalue weighted by Gasteiger charge is 2.34. The van der Waals surface area contributed by atoms with Gasteiger partial charge >= 0.3 is 0 Å². The normalized spacial score (nSPS) is 27.1. The summed E-state index contributed by atoms with van der Waals surface area (Å²) in [6.45, 7) is 9.23. The van der Waals surface area contributed by atoms with E-state index in [1.165, 1.54) is 5.57 Å². The van der Waals surface area contributed by atoms with Crippen LogP contribution in [0, 0.1) is 0 Å². The molecule has 0 amide bonds. The van der Waals surface area contributed by atoms with Gasteiger partial charge in [-0.15, -0.1) is 0 Å². The minimum absolute atomic E-state index is 0.0806. The third kappa shape index (κ3) is 3.16. The first kappa shape index (κ1) is 13.4. The topological polar surface area (TPSA) is 23.5 Å². The maximum absolute atomic E-state index is 14.3. The predicted molar refractivity (Wildman–Crippen MR) is 65.2 cm³/mol. The SMILES string of the molecule is CC(C)=CC1=C(C)C(C)(F)CN(CCO)C1. The fraction of sp³-hybridized carbons (Fsp3) is 0.692. The molecule has 0 aliphatic carbocycles. The van der Waals surface area contributed by atoms with Crippen LogP contribution in [0.2, 0.25) is 0 Å². The molecule has 0 aromatic rings. The third-order valence-electron chi connectivity index (χ3n) is 3.06. The molecular formula is C13H22FNO. The number of halogens is 1. The van der Waals surface area contributed by atoms with E-state index in [0.717, 1.165) is 17.7 Å². The van der Waals surface area contributed by atoms with Crippen molar-refractivity contribution in [2.24, 2.45) is 0 Å². The van der Waals surface area contributed by atoms with Gasteiger partial charge in [-0.05, 0) is 38.8 Å². The lowest BCUT2D eigenvalue weighted by Crippen LogP contribution is -2.45. The number of allylic oxidation sites excluding steroid dienone is 1. The van der Waals surface area contributed by atoms with E-state index in [1.54, 1.807) is 6.92 Å².